The molecule has 0 fully saturated rings. The second-order valence-electron chi connectivity index (χ2n) is 4.24. The van der Waals surface area contributed by atoms with Crippen LogP contribution in [0, 0.1) is 5.92 Å². The molecule has 0 radical (unpaired) electrons. The highest BCUT2D eigenvalue weighted by molar-refractivity contribution is 7.80. The van der Waals surface area contributed by atoms with Crippen molar-refractivity contribution in [2.75, 3.05) is 6.54 Å². The molecule has 90 valence electrons. The summed E-state index contributed by atoms with van der Waals surface area (Å²) in [6.45, 7) is 2.83. The summed E-state index contributed by atoms with van der Waals surface area (Å²) in [5.74, 6) is -0.162. The Hall–Kier alpha value is -1.29. The average molecular weight is 248 g/mol. The summed E-state index contributed by atoms with van der Waals surface area (Å²) in [6.07, 6.45) is 10.8. The standard InChI is InChI=1S/C13H16N2OS/c1-2-3-6-9-15-12(16)10-7-4-5-8-11(10)14-13(15)17/h4-5,7-8,10H,2-3,6,9H2,1H3. The van der Waals surface area contributed by atoms with E-state index in [9.17, 15) is 4.79 Å². The first-order chi connectivity index (χ1) is 8.24. The lowest BCUT2D eigenvalue weighted by Gasteiger charge is -2.30. The molecule has 4 heteroatoms. The van der Waals surface area contributed by atoms with Crippen LogP contribution >= 0.6 is 12.2 Å². The lowest BCUT2D eigenvalue weighted by atomic mass is 9.95. The van der Waals surface area contributed by atoms with Crippen molar-refractivity contribution in [3.8, 4) is 0 Å². The minimum Gasteiger partial charge on any atom is -0.287 e. The Morgan fingerprint density at radius 2 is 2.24 bits per heavy atom. The van der Waals surface area contributed by atoms with Gasteiger partial charge in [0.15, 0.2) is 0 Å². The fourth-order valence-corrected chi connectivity index (χ4v) is 2.29. The van der Waals surface area contributed by atoms with E-state index in [4.69, 9.17) is 12.2 Å². The van der Waals surface area contributed by atoms with Gasteiger partial charge in [0, 0.05) is 6.54 Å². The van der Waals surface area contributed by atoms with Crippen LogP contribution in [0.4, 0.5) is 0 Å². The van der Waals surface area contributed by atoms with E-state index < -0.39 is 0 Å². The molecule has 1 heterocycles. The summed E-state index contributed by atoms with van der Waals surface area (Å²) in [6, 6.07) is 0. The van der Waals surface area contributed by atoms with Gasteiger partial charge in [0.2, 0.25) is 11.0 Å². The highest BCUT2D eigenvalue weighted by Crippen LogP contribution is 2.20. The molecule has 1 amide bonds. The molecule has 1 atom stereocenters. The van der Waals surface area contributed by atoms with Crippen LogP contribution in [0.2, 0.25) is 0 Å². The van der Waals surface area contributed by atoms with E-state index in [-0.39, 0.29) is 11.8 Å². The van der Waals surface area contributed by atoms with E-state index in [1.165, 1.54) is 0 Å². The first-order valence-electron chi connectivity index (χ1n) is 6.03. The van der Waals surface area contributed by atoms with Gasteiger partial charge in [0.1, 0.15) is 0 Å². The van der Waals surface area contributed by atoms with Crippen LogP contribution in [0.3, 0.4) is 0 Å². The largest absolute Gasteiger partial charge is 0.287 e. The summed E-state index contributed by atoms with van der Waals surface area (Å²) in [4.78, 5) is 18.2. The maximum Gasteiger partial charge on any atom is 0.241 e. The Morgan fingerprint density at radius 3 is 3.00 bits per heavy atom. The fraction of sp³-hybridized carbons (Fsp3) is 0.462. The maximum atomic E-state index is 12.2. The second-order valence-corrected chi connectivity index (χ2v) is 4.60. The van der Waals surface area contributed by atoms with Crippen molar-refractivity contribution in [3.63, 3.8) is 0 Å². The SMILES string of the molecule is CCCCCN1C(=O)C2C=CC=CC2=NC1=S. The number of unbranched alkanes of at least 4 members (excludes halogenated alkanes) is 2. The fourth-order valence-electron chi connectivity index (χ4n) is 2.01. The molecule has 0 aromatic heterocycles. The molecular weight excluding hydrogens is 232 g/mol. The molecule has 0 bridgehead atoms. The number of nitrogens with zero attached hydrogens (tertiary/aromatic N) is 2. The number of hydrogen-bond acceptors (Lipinski definition) is 2. The van der Waals surface area contributed by atoms with E-state index in [1.807, 2.05) is 24.3 Å². The van der Waals surface area contributed by atoms with Crippen molar-refractivity contribution in [2.24, 2.45) is 10.9 Å². The number of thiocarbonyl (C=S) groups is 1. The van der Waals surface area contributed by atoms with E-state index in [1.54, 1.807) is 4.90 Å². The number of aliphatic imine (C=N–C) groups is 1. The van der Waals surface area contributed by atoms with E-state index >= 15 is 0 Å². The Kier molecular flexibility index (Phi) is 3.84. The van der Waals surface area contributed by atoms with Crippen LogP contribution in [-0.2, 0) is 4.79 Å². The third kappa shape index (κ3) is 2.52. The molecule has 1 aliphatic carbocycles. The van der Waals surface area contributed by atoms with Crippen LogP contribution in [0.1, 0.15) is 26.2 Å². The summed E-state index contributed by atoms with van der Waals surface area (Å²) in [5.41, 5.74) is 0.772. The molecule has 2 aliphatic rings. The minimum absolute atomic E-state index is 0.0664. The predicted octanol–water partition coefficient (Wildman–Crippen LogP) is 2.49. The third-order valence-corrected chi connectivity index (χ3v) is 3.28. The normalized spacial score (nSPS) is 22.8. The van der Waals surface area contributed by atoms with Crippen molar-refractivity contribution in [3.05, 3.63) is 24.3 Å². The number of hydrogen-bond donors (Lipinski definition) is 0. The lowest BCUT2D eigenvalue weighted by Crippen LogP contribution is -2.46. The van der Waals surface area contributed by atoms with Gasteiger partial charge in [0.25, 0.3) is 0 Å². The second kappa shape index (κ2) is 5.36. The first-order valence-corrected chi connectivity index (χ1v) is 6.43. The zero-order valence-electron chi connectivity index (χ0n) is 9.93. The smallest absolute Gasteiger partial charge is 0.241 e. The number of allylic oxidation sites excluding steroid dienone is 3. The number of fused-ring (bicyclic) bond motifs is 1. The maximum absolute atomic E-state index is 12.2. The van der Waals surface area contributed by atoms with Crippen LogP contribution in [0.5, 0.6) is 0 Å². The van der Waals surface area contributed by atoms with Crippen molar-refractivity contribution >= 4 is 28.9 Å². The molecule has 0 aromatic carbocycles. The van der Waals surface area contributed by atoms with E-state index in [0.717, 1.165) is 25.0 Å². The van der Waals surface area contributed by atoms with Crippen molar-refractivity contribution < 1.29 is 4.79 Å². The van der Waals surface area contributed by atoms with Crippen LogP contribution in [-0.4, -0.2) is 28.2 Å². The molecule has 0 saturated carbocycles. The summed E-state index contributed by atoms with van der Waals surface area (Å²) < 4.78 is 0. The van der Waals surface area contributed by atoms with Crippen molar-refractivity contribution in [1.82, 2.24) is 4.90 Å². The van der Waals surface area contributed by atoms with Crippen LogP contribution < -0.4 is 0 Å². The molecule has 2 rings (SSSR count). The number of rotatable bonds is 4. The van der Waals surface area contributed by atoms with Crippen molar-refractivity contribution in [2.45, 2.75) is 26.2 Å². The average Bonchev–Trinajstić information content (AvgIpc) is 2.33. The Morgan fingerprint density at radius 1 is 1.41 bits per heavy atom. The molecule has 0 aromatic rings. The molecule has 0 saturated heterocycles. The van der Waals surface area contributed by atoms with Gasteiger partial charge in [-0.2, -0.15) is 0 Å². The molecule has 0 spiro atoms. The molecule has 1 aliphatic heterocycles. The quantitative estimate of drug-likeness (QED) is 0.565. The topological polar surface area (TPSA) is 32.7 Å². The monoisotopic (exact) mass is 248 g/mol. The van der Waals surface area contributed by atoms with Gasteiger partial charge < -0.3 is 0 Å². The van der Waals surface area contributed by atoms with Gasteiger partial charge in [-0.05, 0) is 24.7 Å². The zero-order chi connectivity index (χ0) is 12.3. The van der Waals surface area contributed by atoms with Gasteiger partial charge >= 0.3 is 0 Å². The summed E-state index contributed by atoms with van der Waals surface area (Å²) >= 11 is 5.18. The number of carbonyl (C=O) groups excluding carboxylic acids is 1. The van der Waals surface area contributed by atoms with Crippen LogP contribution in [0.15, 0.2) is 29.3 Å². The van der Waals surface area contributed by atoms with Gasteiger partial charge in [-0.15, -0.1) is 0 Å². The molecule has 17 heavy (non-hydrogen) atoms. The third-order valence-electron chi connectivity index (χ3n) is 2.97. The van der Waals surface area contributed by atoms with Gasteiger partial charge in [-0.25, -0.2) is 4.99 Å². The predicted molar refractivity (Wildman–Crippen MR) is 73.0 cm³/mol. The lowest BCUT2D eigenvalue weighted by molar-refractivity contribution is -0.128. The van der Waals surface area contributed by atoms with Gasteiger partial charge in [-0.3, -0.25) is 9.69 Å². The minimum atomic E-state index is -0.228. The highest BCUT2D eigenvalue weighted by atomic mass is 32.1. The zero-order valence-corrected chi connectivity index (χ0v) is 10.7. The molecule has 3 nitrogen and oxygen atoms in total. The Labute approximate surface area is 107 Å². The summed E-state index contributed by atoms with van der Waals surface area (Å²) in [7, 11) is 0. The highest BCUT2D eigenvalue weighted by Gasteiger charge is 2.32. The Balaban J connectivity index is 2.12. The van der Waals surface area contributed by atoms with E-state index in [2.05, 4.69) is 11.9 Å². The molecule has 0 N–H and O–H groups in total. The summed E-state index contributed by atoms with van der Waals surface area (Å²) in [5, 5.41) is 0.414. The van der Waals surface area contributed by atoms with Gasteiger partial charge in [0.05, 0.1) is 11.6 Å². The van der Waals surface area contributed by atoms with E-state index in [0.29, 0.717) is 11.7 Å². The first kappa shape index (κ1) is 12.2. The van der Waals surface area contributed by atoms with Crippen molar-refractivity contribution in [1.29, 1.82) is 0 Å². The molecular formula is C13H16N2OS. The number of carbonyl (C=O) groups is 1. The van der Waals surface area contributed by atoms with Gasteiger partial charge in [-0.1, -0.05) is 38.0 Å². The molecule has 1 unspecified atom stereocenters. The Bertz CT molecular complexity index is 423. The van der Waals surface area contributed by atoms with Crippen LogP contribution in [0.25, 0.3) is 0 Å². The number of amides is 1.